The lowest BCUT2D eigenvalue weighted by Gasteiger charge is -2.44. The summed E-state index contributed by atoms with van der Waals surface area (Å²) in [6.07, 6.45) is 6.78. The van der Waals surface area contributed by atoms with E-state index < -0.39 is 0 Å². The fourth-order valence-corrected chi connectivity index (χ4v) is 5.44. The number of hydrogen-bond acceptors (Lipinski definition) is 3. The van der Waals surface area contributed by atoms with Gasteiger partial charge in [0, 0.05) is 49.9 Å². The highest BCUT2D eigenvalue weighted by atomic mass is 16.5. The smallest absolute Gasteiger partial charge is 0.224 e. The molecule has 160 valence electrons. The maximum Gasteiger partial charge on any atom is 0.224 e. The lowest BCUT2D eigenvalue weighted by molar-refractivity contribution is -0.142. The quantitative estimate of drug-likeness (QED) is 0.845. The van der Waals surface area contributed by atoms with E-state index in [-0.39, 0.29) is 17.4 Å². The van der Waals surface area contributed by atoms with E-state index in [0.29, 0.717) is 32.5 Å². The van der Waals surface area contributed by atoms with E-state index >= 15 is 0 Å². The predicted molar refractivity (Wildman–Crippen MR) is 115 cm³/mol. The fourth-order valence-electron chi connectivity index (χ4n) is 5.44. The van der Waals surface area contributed by atoms with Gasteiger partial charge in [-0.3, -0.25) is 9.59 Å². The number of rotatable bonds is 3. The molecule has 0 saturated carbocycles. The van der Waals surface area contributed by atoms with Gasteiger partial charge in [-0.2, -0.15) is 0 Å². The molecule has 1 aromatic carbocycles. The van der Waals surface area contributed by atoms with Gasteiger partial charge in [-0.05, 0) is 43.7 Å². The molecule has 6 heteroatoms. The Kier molecular flexibility index (Phi) is 5.27. The van der Waals surface area contributed by atoms with Crippen molar-refractivity contribution in [1.82, 2.24) is 14.8 Å². The molecule has 5 rings (SSSR count). The van der Waals surface area contributed by atoms with Crippen molar-refractivity contribution in [2.45, 2.75) is 57.0 Å². The van der Waals surface area contributed by atoms with Crippen LogP contribution in [-0.4, -0.2) is 59.4 Å². The van der Waals surface area contributed by atoms with E-state index in [0.717, 1.165) is 51.7 Å². The number of amides is 2. The number of piperidine rings is 1. The number of ether oxygens (including phenoxy) is 1. The minimum absolute atomic E-state index is 0.162. The Morgan fingerprint density at radius 2 is 1.90 bits per heavy atom. The molecule has 30 heavy (non-hydrogen) atoms. The van der Waals surface area contributed by atoms with Gasteiger partial charge in [0.05, 0.1) is 12.3 Å². The first-order valence-electron chi connectivity index (χ1n) is 11.5. The molecule has 2 fully saturated rings. The van der Waals surface area contributed by atoms with E-state index in [1.807, 2.05) is 9.80 Å². The van der Waals surface area contributed by atoms with Gasteiger partial charge in [-0.25, -0.2) is 0 Å². The van der Waals surface area contributed by atoms with Crippen molar-refractivity contribution in [2.24, 2.45) is 0 Å². The molecule has 2 saturated heterocycles. The van der Waals surface area contributed by atoms with Gasteiger partial charge in [-0.1, -0.05) is 24.6 Å². The summed E-state index contributed by atoms with van der Waals surface area (Å²) in [5, 5.41) is 1.30. The van der Waals surface area contributed by atoms with Crippen molar-refractivity contribution in [3.05, 3.63) is 35.5 Å². The Balaban J connectivity index is 1.23. The predicted octanol–water partition coefficient (Wildman–Crippen LogP) is 3.35. The average Bonchev–Trinajstić information content (AvgIpc) is 3.04. The third-order valence-electron chi connectivity index (χ3n) is 7.19. The molecule has 6 nitrogen and oxygen atoms in total. The van der Waals surface area contributed by atoms with Crippen LogP contribution in [0.4, 0.5) is 0 Å². The van der Waals surface area contributed by atoms with Gasteiger partial charge < -0.3 is 19.5 Å². The van der Waals surface area contributed by atoms with Crippen LogP contribution in [0.2, 0.25) is 0 Å². The molecule has 0 radical (unpaired) electrons. The number of likely N-dealkylation sites (tertiary alicyclic amines) is 2. The van der Waals surface area contributed by atoms with Gasteiger partial charge in [0.1, 0.15) is 5.60 Å². The van der Waals surface area contributed by atoms with Crippen LogP contribution in [0.25, 0.3) is 10.9 Å². The number of nitrogens with zero attached hydrogens (tertiary/aromatic N) is 2. The van der Waals surface area contributed by atoms with Crippen LogP contribution in [-0.2, 0) is 26.3 Å². The molecule has 0 bridgehead atoms. The molecular formula is C24H31N3O3. The molecule has 2 aromatic rings. The van der Waals surface area contributed by atoms with E-state index in [2.05, 4.69) is 29.2 Å². The number of nitrogens with one attached hydrogen (secondary N) is 1. The number of benzene rings is 1. The maximum absolute atomic E-state index is 12.8. The van der Waals surface area contributed by atoms with Gasteiger partial charge in [-0.15, -0.1) is 0 Å². The van der Waals surface area contributed by atoms with E-state index in [1.165, 1.54) is 22.2 Å². The van der Waals surface area contributed by atoms with Crippen LogP contribution in [0.1, 0.15) is 56.2 Å². The third-order valence-corrected chi connectivity index (χ3v) is 7.19. The number of H-pyrrole nitrogens is 1. The molecular weight excluding hydrogens is 378 g/mol. The van der Waals surface area contributed by atoms with E-state index in [9.17, 15) is 9.59 Å². The Hall–Kier alpha value is -2.34. The van der Waals surface area contributed by atoms with Crippen molar-refractivity contribution in [1.29, 1.82) is 0 Å². The van der Waals surface area contributed by atoms with Gasteiger partial charge in [0.2, 0.25) is 11.8 Å². The third kappa shape index (κ3) is 3.51. The zero-order valence-electron chi connectivity index (χ0n) is 17.6. The summed E-state index contributed by atoms with van der Waals surface area (Å²) in [5.74, 6) is 0.370. The second-order valence-corrected chi connectivity index (χ2v) is 8.94. The monoisotopic (exact) mass is 409 g/mol. The number of aromatic nitrogens is 1. The van der Waals surface area contributed by atoms with Gasteiger partial charge >= 0.3 is 0 Å². The Labute approximate surface area is 177 Å². The second-order valence-electron chi connectivity index (χ2n) is 8.94. The molecule has 2 amide bonds. The number of para-hydroxylation sites is 1. The molecule has 1 aromatic heterocycles. The van der Waals surface area contributed by atoms with Crippen LogP contribution in [0.15, 0.2) is 24.3 Å². The lowest BCUT2D eigenvalue weighted by atomic mass is 9.83. The van der Waals surface area contributed by atoms with Crippen LogP contribution in [0, 0.1) is 0 Å². The van der Waals surface area contributed by atoms with Gasteiger partial charge in [0.25, 0.3) is 0 Å². The van der Waals surface area contributed by atoms with Crippen molar-refractivity contribution < 1.29 is 14.3 Å². The molecule has 3 aliphatic heterocycles. The molecule has 0 unspecified atom stereocenters. The van der Waals surface area contributed by atoms with Crippen LogP contribution in [0.5, 0.6) is 0 Å². The summed E-state index contributed by atoms with van der Waals surface area (Å²) in [6.45, 7) is 3.51. The zero-order chi connectivity index (χ0) is 20.6. The summed E-state index contributed by atoms with van der Waals surface area (Å²) < 4.78 is 6.35. The SMILES string of the molecule is O=C1CCCCCN1CCC(=O)N1CCC2(CC1)OCCc1c2[nH]c2ccccc12. The lowest BCUT2D eigenvalue weighted by Crippen LogP contribution is -2.49. The summed E-state index contributed by atoms with van der Waals surface area (Å²) in [6, 6.07) is 8.47. The molecule has 0 aliphatic carbocycles. The summed E-state index contributed by atoms with van der Waals surface area (Å²) >= 11 is 0. The average molecular weight is 410 g/mol. The zero-order valence-corrected chi connectivity index (χ0v) is 17.6. The summed E-state index contributed by atoms with van der Waals surface area (Å²) in [5.41, 5.74) is 3.48. The van der Waals surface area contributed by atoms with Crippen molar-refractivity contribution >= 4 is 22.7 Å². The maximum atomic E-state index is 12.8. The normalized spacial score (nSPS) is 21.7. The topological polar surface area (TPSA) is 65.6 Å². The van der Waals surface area contributed by atoms with Crippen LogP contribution in [0.3, 0.4) is 0 Å². The first kappa shape index (κ1) is 19.6. The number of aromatic amines is 1. The van der Waals surface area contributed by atoms with Crippen molar-refractivity contribution in [3.8, 4) is 0 Å². The summed E-state index contributed by atoms with van der Waals surface area (Å²) in [4.78, 5) is 32.5. The largest absolute Gasteiger partial charge is 0.368 e. The van der Waals surface area contributed by atoms with Crippen molar-refractivity contribution in [2.75, 3.05) is 32.8 Å². The number of fused-ring (bicyclic) bond motifs is 4. The molecule has 1 N–H and O–H groups in total. The minimum atomic E-state index is -0.301. The number of carbonyl (C=O) groups excluding carboxylic acids is 2. The number of hydrogen-bond donors (Lipinski definition) is 1. The molecule has 4 heterocycles. The van der Waals surface area contributed by atoms with E-state index in [1.54, 1.807) is 0 Å². The molecule has 1 spiro atoms. The molecule has 3 aliphatic rings. The first-order valence-corrected chi connectivity index (χ1v) is 11.5. The minimum Gasteiger partial charge on any atom is -0.368 e. The Bertz CT molecular complexity index is 942. The second kappa shape index (κ2) is 8.06. The van der Waals surface area contributed by atoms with Crippen LogP contribution < -0.4 is 0 Å². The highest BCUT2D eigenvalue weighted by Crippen LogP contribution is 2.43. The van der Waals surface area contributed by atoms with E-state index in [4.69, 9.17) is 4.74 Å². The van der Waals surface area contributed by atoms with Gasteiger partial charge in [0.15, 0.2) is 0 Å². The molecule has 0 atom stereocenters. The van der Waals surface area contributed by atoms with Crippen molar-refractivity contribution in [3.63, 3.8) is 0 Å². The Morgan fingerprint density at radius 3 is 2.77 bits per heavy atom. The highest BCUT2D eigenvalue weighted by molar-refractivity contribution is 5.85. The fraction of sp³-hybridized carbons (Fsp3) is 0.583. The Morgan fingerprint density at radius 1 is 1.07 bits per heavy atom. The highest BCUT2D eigenvalue weighted by Gasteiger charge is 2.43. The standard InChI is InChI=1S/C24H31N3O3/c28-21-8-2-1-5-13-26(21)14-9-22(29)27-15-11-24(12-16-27)23-19(10-17-30-24)18-6-3-4-7-20(18)25-23/h3-4,6-7,25H,1-2,5,8-17H2. The number of carbonyl (C=O) groups is 2. The first-order chi connectivity index (χ1) is 14.7. The summed E-state index contributed by atoms with van der Waals surface area (Å²) in [7, 11) is 0. The van der Waals surface area contributed by atoms with Crippen LogP contribution >= 0.6 is 0 Å².